The first kappa shape index (κ1) is 16.9. The lowest BCUT2D eigenvalue weighted by Gasteiger charge is -2.15. The molecular weight excluding hydrogens is 345 g/mol. The van der Waals surface area contributed by atoms with Gasteiger partial charge in [-0.15, -0.1) is 0 Å². The molecule has 0 aliphatic heterocycles. The molecule has 7 N–H and O–H groups in total. The molecule has 7 nitrogen and oxygen atoms in total. The maximum atomic E-state index is 14.3. The molecule has 1 aromatic heterocycles. The fourth-order valence-electron chi connectivity index (χ4n) is 2.32. The SMILES string of the molecule is NNc1nc(Nc2ccccc2)nc(NN)c1-c1ccc(Cl)cc1F. The average Bonchev–Trinajstić information content (AvgIpc) is 2.62. The second-order valence-electron chi connectivity index (χ2n) is 5.02. The predicted octanol–water partition coefficient (Wildman–Crippen LogP) is 3.25. The number of anilines is 4. The minimum atomic E-state index is -0.548. The minimum Gasteiger partial charge on any atom is -0.324 e. The van der Waals surface area contributed by atoms with E-state index < -0.39 is 5.82 Å². The number of hydrogen-bond acceptors (Lipinski definition) is 7. The first-order chi connectivity index (χ1) is 12.1. The summed E-state index contributed by atoms with van der Waals surface area (Å²) in [5.41, 5.74) is 6.17. The molecule has 0 atom stereocenters. The topological polar surface area (TPSA) is 114 Å². The average molecular weight is 360 g/mol. The van der Waals surface area contributed by atoms with Crippen LogP contribution < -0.4 is 27.9 Å². The van der Waals surface area contributed by atoms with Gasteiger partial charge in [0.15, 0.2) is 11.6 Å². The number of aromatic nitrogens is 2. The van der Waals surface area contributed by atoms with Crippen LogP contribution in [0, 0.1) is 5.82 Å². The highest BCUT2D eigenvalue weighted by molar-refractivity contribution is 6.30. The number of nitrogens with one attached hydrogen (secondary N) is 3. The number of hydrogen-bond donors (Lipinski definition) is 5. The molecule has 0 saturated carbocycles. The molecular formula is C16H15ClFN7. The third-order valence-corrected chi connectivity index (χ3v) is 3.65. The van der Waals surface area contributed by atoms with Gasteiger partial charge >= 0.3 is 0 Å². The van der Waals surface area contributed by atoms with Crippen LogP contribution in [-0.2, 0) is 0 Å². The molecule has 0 aliphatic carbocycles. The van der Waals surface area contributed by atoms with Gasteiger partial charge < -0.3 is 16.2 Å². The van der Waals surface area contributed by atoms with Crippen molar-refractivity contribution < 1.29 is 4.39 Å². The van der Waals surface area contributed by atoms with Crippen molar-refractivity contribution in [2.45, 2.75) is 0 Å². The lowest BCUT2D eigenvalue weighted by Crippen LogP contribution is -2.17. The lowest BCUT2D eigenvalue weighted by molar-refractivity contribution is 0.631. The van der Waals surface area contributed by atoms with Crippen molar-refractivity contribution in [3.8, 4) is 11.1 Å². The van der Waals surface area contributed by atoms with E-state index in [1.54, 1.807) is 6.07 Å². The summed E-state index contributed by atoms with van der Waals surface area (Å²) in [5, 5.41) is 3.30. The molecule has 0 spiro atoms. The second kappa shape index (κ2) is 7.31. The van der Waals surface area contributed by atoms with Crippen molar-refractivity contribution in [1.82, 2.24) is 9.97 Å². The molecule has 0 fully saturated rings. The molecule has 0 unspecified atom stereocenters. The van der Waals surface area contributed by atoms with Crippen LogP contribution in [0.25, 0.3) is 11.1 Å². The summed E-state index contributed by atoms with van der Waals surface area (Å²) in [6.07, 6.45) is 0. The summed E-state index contributed by atoms with van der Waals surface area (Å²) in [7, 11) is 0. The Morgan fingerprint density at radius 3 is 2.12 bits per heavy atom. The van der Waals surface area contributed by atoms with Crippen LogP contribution in [0.1, 0.15) is 0 Å². The van der Waals surface area contributed by atoms with Crippen LogP contribution >= 0.6 is 11.6 Å². The molecule has 0 bridgehead atoms. The van der Waals surface area contributed by atoms with Gasteiger partial charge in [-0.2, -0.15) is 9.97 Å². The first-order valence-electron chi connectivity index (χ1n) is 7.25. The molecule has 3 rings (SSSR count). The van der Waals surface area contributed by atoms with E-state index >= 15 is 0 Å². The summed E-state index contributed by atoms with van der Waals surface area (Å²) in [4.78, 5) is 8.56. The number of nitrogens with two attached hydrogens (primary N) is 2. The zero-order chi connectivity index (χ0) is 17.8. The fraction of sp³-hybridized carbons (Fsp3) is 0. The summed E-state index contributed by atoms with van der Waals surface area (Å²) < 4.78 is 14.3. The van der Waals surface area contributed by atoms with Gasteiger partial charge in [0.25, 0.3) is 0 Å². The number of hydrazine groups is 2. The number of nitrogen functional groups attached to an aromatic ring is 2. The van der Waals surface area contributed by atoms with E-state index in [1.165, 1.54) is 12.1 Å². The van der Waals surface area contributed by atoms with Crippen molar-refractivity contribution in [3.63, 3.8) is 0 Å². The maximum absolute atomic E-state index is 14.3. The van der Waals surface area contributed by atoms with Gasteiger partial charge in [-0.3, -0.25) is 0 Å². The third-order valence-electron chi connectivity index (χ3n) is 3.41. The largest absolute Gasteiger partial charge is 0.324 e. The third kappa shape index (κ3) is 3.61. The summed E-state index contributed by atoms with van der Waals surface area (Å²) >= 11 is 5.81. The van der Waals surface area contributed by atoms with Crippen LogP contribution in [0.2, 0.25) is 5.02 Å². The molecule has 25 heavy (non-hydrogen) atoms. The maximum Gasteiger partial charge on any atom is 0.231 e. The molecule has 0 saturated heterocycles. The summed E-state index contributed by atoms with van der Waals surface area (Å²) in [6.45, 7) is 0. The molecule has 1 heterocycles. The first-order valence-corrected chi connectivity index (χ1v) is 7.63. The molecule has 2 aromatic carbocycles. The van der Waals surface area contributed by atoms with E-state index in [1.807, 2.05) is 30.3 Å². The monoisotopic (exact) mass is 359 g/mol. The fourth-order valence-corrected chi connectivity index (χ4v) is 2.48. The Bertz CT molecular complexity index is 864. The normalized spacial score (nSPS) is 10.4. The number of nitrogens with zero attached hydrogens (tertiary/aromatic N) is 2. The molecule has 9 heteroatoms. The molecule has 0 radical (unpaired) electrons. The van der Waals surface area contributed by atoms with E-state index in [-0.39, 0.29) is 33.7 Å². The second-order valence-corrected chi connectivity index (χ2v) is 5.46. The van der Waals surface area contributed by atoms with E-state index in [0.717, 1.165) is 5.69 Å². The van der Waals surface area contributed by atoms with Crippen molar-refractivity contribution in [2.24, 2.45) is 11.7 Å². The van der Waals surface area contributed by atoms with Crippen LogP contribution in [0.5, 0.6) is 0 Å². The predicted molar refractivity (Wildman–Crippen MR) is 97.8 cm³/mol. The minimum absolute atomic E-state index is 0.197. The van der Waals surface area contributed by atoms with E-state index in [0.29, 0.717) is 0 Å². The van der Waals surface area contributed by atoms with Gasteiger partial charge in [-0.1, -0.05) is 29.8 Å². The lowest BCUT2D eigenvalue weighted by atomic mass is 10.1. The Hall–Kier alpha value is -2.94. The van der Waals surface area contributed by atoms with Crippen LogP contribution in [-0.4, -0.2) is 9.97 Å². The highest BCUT2D eigenvalue weighted by atomic mass is 35.5. The van der Waals surface area contributed by atoms with Gasteiger partial charge in [-0.25, -0.2) is 16.1 Å². The summed E-state index contributed by atoms with van der Waals surface area (Å²) in [6, 6.07) is 13.6. The number of rotatable bonds is 5. The molecule has 128 valence electrons. The van der Waals surface area contributed by atoms with Gasteiger partial charge in [0.2, 0.25) is 5.95 Å². The van der Waals surface area contributed by atoms with Crippen molar-refractivity contribution in [1.29, 1.82) is 0 Å². The Kier molecular flexibility index (Phi) is 4.94. The zero-order valence-corrected chi connectivity index (χ0v) is 13.7. The van der Waals surface area contributed by atoms with Crippen LogP contribution in [0.4, 0.5) is 27.7 Å². The molecule has 0 amide bonds. The highest BCUT2D eigenvalue weighted by Crippen LogP contribution is 2.36. The number of halogens is 2. The van der Waals surface area contributed by atoms with Gasteiger partial charge in [0.05, 0.1) is 5.56 Å². The molecule has 0 aliphatic rings. The van der Waals surface area contributed by atoms with E-state index in [2.05, 4.69) is 26.1 Å². The Morgan fingerprint density at radius 1 is 0.920 bits per heavy atom. The van der Waals surface area contributed by atoms with Crippen molar-refractivity contribution in [3.05, 3.63) is 59.4 Å². The zero-order valence-electron chi connectivity index (χ0n) is 12.9. The Balaban J connectivity index is 2.10. The highest BCUT2D eigenvalue weighted by Gasteiger charge is 2.19. The smallest absolute Gasteiger partial charge is 0.231 e. The van der Waals surface area contributed by atoms with Crippen LogP contribution in [0.3, 0.4) is 0 Å². The Labute approximate surface area is 148 Å². The number of benzene rings is 2. The molecule has 3 aromatic rings. The van der Waals surface area contributed by atoms with Crippen LogP contribution in [0.15, 0.2) is 48.5 Å². The van der Waals surface area contributed by atoms with E-state index in [4.69, 9.17) is 23.3 Å². The van der Waals surface area contributed by atoms with Crippen molar-refractivity contribution >= 4 is 34.9 Å². The standard InChI is InChI=1S/C16H15ClFN7/c17-9-6-7-11(12(18)8-9)13-14(24-19)22-16(23-15(13)25-20)21-10-4-2-1-3-5-10/h1-8H,19-20H2,(H3,21,22,23,24,25). The quantitative estimate of drug-likeness (QED) is 0.351. The van der Waals surface area contributed by atoms with Gasteiger partial charge in [-0.05, 0) is 30.3 Å². The van der Waals surface area contributed by atoms with Crippen molar-refractivity contribution in [2.75, 3.05) is 16.2 Å². The van der Waals surface area contributed by atoms with Gasteiger partial charge in [0.1, 0.15) is 5.82 Å². The van der Waals surface area contributed by atoms with E-state index in [9.17, 15) is 4.39 Å². The summed E-state index contributed by atoms with van der Waals surface area (Å²) in [5.74, 6) is 11.2. The number of para-hydroxylation sites is 1. The van der Waals surface area contributed by atoms with Gasteiger partial charge in [0, 0.05) is 16.3 Å². The Morgan fingerprint density at radius 2 is 1.56 bits per heavy atom.